The first-order valence-corrected chi connectivity index (χ1v) is 37.1. The van der Waals surface area contributed by atoms with E-state index >= 15 is 0 Å². The fourth-order valence-electron chi connectivity index (χ4n) is 18.9. The Morgan fingerprint density at radius 1 is 0.544 bits per heavy atom. The van der Waals surface area contributed by atoms with Crippen LogP contribution in [0.4, 0.5) is 0 Å². The average molecular weight is 1480 g/mol. The molecule has 0 spiro atoms. The Morgan fingerprint density at radius 2 is 0.971 bits per heavy atom. The number of aliphatic hydroxyl groups is 11. The lowest BCUT2D eigenvalue weighted by Crippen LogP contribution is -2.63. The number of hydrogen-bond acceptors (Lipinski definition) is 31. The van der Waals surface area contributed by atoms with Gasteiger partial charge in [-0.15, -0.1) is 0 Å². The lowest BCUT2D eigenvalue weighted by Gasteiger charge is -2.61. The molecule has 592 valence electrons. The largest absolute Gasteiger partial charge is 0.453 e. The third-order valence-corrected chi connectivity index (χ3v) is 25.2. The van der Waals surface area contributed by atoms with Crippen LogP contribution in [0.1, 0.15) is 139 Å². The Morgan fingerprint density at radius 3 is 1.44 bits per heavy atom. The van der Waals surface area contributed by atoms with Gasteiger partial charge in [0.15, 0.2) is 50.1 Å². The molecule has 7 saturated heterocycles. The number of fused-ring (bicyclic) bond motifs is 5. The number of esters is 1. The molecule has 11 aliphatic rings. The maximum Gasteiger partial charge on any atom is 0.333 e. The molecule has 31 heteroatoms. The third-order valence-electron chi connectivity index (χ3n) is 25.2. The predicted molar refractivity (Wildman–Crippen MR) is 354 cm³/mol. The van der Waals surface area contributed by atoms with Crippen molar-refractivity contribution in [3.63, 3.8) is 0 Å². The van der Waals surface area contributed by atoms with Gasteiger partial charge in [-0.3, -0.25) is 0 Å². The molecule has 0 aromatic carbocycles. The molecule has 7 heterocycles. The van der Waals surface area contributed by atoms with Gasteiger partial charge in [0.25, 0.3) is 0 Å². The van der Waals surface area contributed by atoms with Crippen molar-refractivity contribution in [2.45, 2.75) is 348 Å². The molecule has 0 aromatic heterocycles. The van der Waals surface area contributed by atoms with Crippen LogP contribution in [-0.4, -0.2) is 319 Å². The minimum atomic E-state index is -1.85. The monoisotopic (exact) mass is 1480 g/mol. The molecule has 0 unspecified atom stereocenters. The summed E-state index contributed by atoms with van der Waals surface area (Å²) in [7, 11) is 6.51. The normalized spacial score (nSPS) is 50.9. The molecule has 39 atom stereocenters. The van der Waals surface area contributed by atoms with E-state index in [4.69, 9.17) is 90.0 Å². The Bertz CT molecular complexity index is 2810. The van der Waals surface area contributed by atoms with Crippen molar-refractivity contribution in [1.29, 1.82) is 0 Å². The highest BCUT2D eigenvalue weighted by atomic mass is 16.8. The molecule has 0 bridgehead atoms. The van der Waals surface area contributed by atoms with E-state index in [9.17, 15) is 61.0 Å². The number of allylic oxidation sites excluding steroid dienone is 2. The summed E-state index contributed by atoms with van der Waals surface area (Å²) < 4.78 is 118. The molecule has 7 aliphatic heterocycles. The van der Waals surface area contributed by atoms with E-state index in [0.29, 0.717) is 56.9 Å². The van der Waals surface area contributed by atoms with E-state index in [1.54, 1.807) is 48.4 Å². The summed E-state index contributed by atoms with van der Waals surface area (Å²) in [5.74, 6) is -0.493. The van der Waals surface area contributed by atoms with Crippen molar-refractivity contribution in [3.05, 3.63) is 23.3 Å². The first-order valence-electron chi connectivity index (χ1n) is 37.1. The highest BCUT2D eigenvalue weighted by molar-refractivity contribution is 5.87. The Labute approximate surface area is 602 Å². The number of rotatable bonds is 24. The van der Waals surface area contributed by atoms with Crippen LogP contribution in [0.25, 0.3) is 0 Å². The van der Waals surface area contributed by atoms with E-state index in [0.717, 1.165) is 25.7 Å². The number of ether oxygens (including phenoxy) is 19. The van der Waals surface area contributed by atoms with Gasteiger partial charge in [-0.2, -0.15) is 0 Å². The van der Waals surface area contributed by atoms with Gasteiger partial charge in [-0.05, 0) is 123 Å². The van der Waals surface area contributed by atoms with Gasteiger partial charge < -0.3 is 146 Å². The zero-order valence-corrected chi connectivity index (χ0v) is 61.6. The predicted octanol–water partition coefficient (Wildman–Crippen LogP) is 0.552. The molecule has 103 heavy (non-hydrogen) atoms. The van der Waals surface area contributed by atoms with Crippen molar-refractivity contribution in [2.75, 3.05) is 48.3 Å². The molecule has 11 rings (SSSR count). The lowest BCUT2D eigenvalue weighted by molar-refractivity contribution is -0.347. The zero-order chi connectivity index (χ0) is 74.5. The minimum Gasteiger partial charge on any atom is -0.453 e. The van der Waals surface area contributed by atoms with Crippen molar-refractivity contribution >= 4 is 5.97 Å². The van der Waals surface area contributed by atoms with Crippen LogP contribution >= 0.6 is 0 Å². The van der Waals surface area contributed by atoms with Crippen LogP contribution < -0.4 is 0 Å². The van der Waals surface area contributed by atoms with Gasteiger partial charge in [0.05, 0.1) is 80.4 Å². The van der Waals surface area contributed by atoms with Crippen LogP contribution in [0.2, 0.25) is 0 Å². The number of hydrogen-bond donors (Lipinski definition) is 11. The molecule has 0 radical (unpaired) electrons. The van der Waals surface area contributed by atoms with Gasteiger partial charge >= 0.3 is 5.97 Å². The van der Waals surface area contributed by atoms with Crippen molar-refractivity contribution in [2.24, 2.45) is 28.6 Å². The topological polar surface area (TPSA) is 415 Å². The molecule has 4 aliphatic carbocycles. The summed E-state index contributed by atoms with van der Waals surface area (Å²) in [6.45, 7) is 15.5. The molecule has 3 saturated carbocycles. The maximum absolute atomic E-state index is 13.2. The standard InChI is InChI=1S/C72H118O31/c1-14-31(2)66(83)103-65-36(7)94-52(27-45(65)88-13)102-64-35(6)93-51(26-44(64)87-12)101-63-34(5)92-50(25-43(63)86-11)100-62-33(4)91-49(24-42(62)85-10)96-38-17-20-70(8)37(23-38)15-16-41-40(70)18-21-71(9)39(19-22-72(41,71)84)32(3)95-69-61(82)58(79)55(76)48(99-69)30-90-68-60(81)57(78)54(75)47(98-68)29-89-67-59(80)56(77)53(74)46(28-73)97-67/h14-15,32-36,38-65,67-69,73-82,84H,16-30H2,1-13H3/b31-14+/t32-,33+,34+,35+,36+,38-,39+,40-,41+,42-,43-,44-,45+,46+,47+,48+,49-,50-,51-,52-,53-,54-,55-,56-,57-,58-,59+,60+,61+,62+,63+,64+,65+,67+,68+,69+,70-,71+,72-/m0/s1. The fourth-order valence-corrected chi connectivity index (χ4v) is 18.9. The molecule has 31 nitrogen and oxygen atoms in total. The lowest BCUT2D eigenvalue weighted by atomic mass is 9.45. The van der Waals surface area contributed by atoms with Crippen LogP contribution in [-0.2, 0) is 94.8 Å². The van der Waals surface area contributed by atoms with Crippen molar-refractivity contribution < 1.29 is 151 Å². The SMILES string of the molecule is C/C=C(\C)C(=O)O[C@@H]1[C@@H](C)O[C@@H](O[C@H]2[C@@H](OC)C[C@H](O[C@H]3[C@@H](OC)C[C@H](O[C@H]4[C@@H](OC)C[C@H](O[C@H]5CC[C@@]6(C)C(=CC[C@@H]7[C@@H]6CC[C@]6(C)[C@@H]([C@H](C)O[C@@H]8O[C@H](CO[C@@H]9O[C@H](CO[C@@H]%10O[C@H](CO)[C@H](O)[C@H](O)[C@H]%10O)[C@H](O)[C@H](O)[C@H]9O)[C@H](O)[C@H](O)[C@H]8O)CC[C@]76O)C5)O[C@@H]4C)O[C@@H]3C)O[C@@H]2C)C[C@H]1OC. The highest BCUT2D eigenvalue weighted by Gasteiger charge is 2.68. The second-order valence-corrected chi connectivity index (χ2v) is 31.1. The summed E-state index contributed by atoms with van der Waals surface area (Å²) in [5, 5.41) is 120. The number of carbonyl (C=O) groups is 1. The van der Waals surface area contributed by atoms with Crippen LogP contribution in [0.15, 0.2) is 23.3 Å². The number of carbonyl (C=O) groups excluding carboxylic acids is 1. The number of aliphatic hydroxyl groups excluding tert-OH is 10. The molecule has 11 N–H and O–H groups in total. The summed E-state index contributed by atoms with van der Waals surface area (Å²) in [5.41, 5.74) is -0.0427. The quantitative estimate of drug-likeness (QED) is 0.0357. The van der Waals surface area contributed by atoms with Gasteiger partial charge in [0, 0.05) is 65.1 Å². The molecule has 0 amide bonds. The first kappa shape index (κ1) is 81.8. The molecular weight excluding hydrogens is 1360 g/mol. The van der Waals surface area contributed by atoms with Crippen molar-refractivity contribution in [3.8, 4) is 0 Å². The summed E-state index contributed by atoms with van der Waals surface area (Å²) >= 11 is 0. The smallest absolute Gasteiger partial charge is 0.333 e. The van der Waals surface area contributed by atoms with E-state index in [1.807, 2.05) is 34.6 Å². The Balaban J connectivity index is 0.639. The van der Waals surface area contributed by atoms with E-state index in [2.05, 4.69) is 19.9 Å². The third kappa shape index (κ3) is 16.6. The van der Waals surface area contributed by atoms with Crippen molar-refractivity contribution in [1.82, 2.24) is 0 Å². The van der Waals surface area contributed by atoms with Crippen LogP contribution in [0, 0.1) is 28.6 Å². The first-order chi connectivity index (χ1) is 48.9. The van der Waals surface area contributed by atoms with Gasteiger partial charge in [-0.25, -0.2) is 4.79 Å². The van der Waals surface area contributed by atoms with Gasteiger partial charge in [0.2, 0.25) is 0 Å². The second-order valence-electron chi connectivity index (χ2n) is 31.1. The summed E-state index contributed by atoms with van der Waals surface area (Å²) in [6.07, 6.45) is -22.5. The second kappa shape index (κ2) is 34.2. The van der Waals surface area contributed by atoms with E-state index < -0.39 is 227 Å². The minimum absolute atomic E-state index is 0.0495. The van der Waals surface area contributed by atoms with Gasteiger partial charge in [-0.1, -0.05) is 31.6 Å². The zero-order valence-electron chi connectivity index (χ0n) is 61.6. The summed E-state index contributed by atoms with van der Waals surface area (Å²) in [4.78, 5) is 12.7. The summed E-state index contributed by atoms with van der Waals surface area (Å²) in [6, 6.07) is 0. The average Bonchev–Trinajstić information content (AvgIpc) is 1.56. The maximum atomic E-state index is 13.2. The Kier molecular flexibility index (Phi) is 27.1. The molecular formula is C72H118O31. The number of methoxy groups -OCH3 is 4. The van der Waals surface area contributed by atoms with E-state index in [-0.39, 0.29) is 35.4 Å². The highest BCUT2D eigenvalue weighted by Crippen LogP contribution is 2.69. The van der Waals surface area contributed by atoms with Gasteiger partial charge in [0.1, 0.15) is 97.7 Å². The van der Waals surface area contributed by atoms with E-state index in [1.165, 1.54) is 5.57 Å². The fraction of sp³-hybridized carbons (Fsp3) is 0.931. The molecule has 10 fully saturated rings. The van der Waals surface area contributed by atoms with Crippen LogP contribution in [0.5, 0.6) is 0 Å². The van der Waals surface area contributed by atoms with Crippen LogP contribution in [0.3, 0.4) is 0 Å². The molecule has 0 aromatic rings. The Hall–Kier alpha value is -2.21.